The van der Waals surface area contributed by atoms with Crippen LogP contribution in [-0.2, 0) is 29.4 Å². The second kappa shape index (κ2) is 12.7. The van der Waals surface area contributed by atoms with Gasteiger partial charge in [-0.15, -0.1) is 0 Å². The van der Waals surface area contributed by atoms with Crippen LogP contribution in [0.3, 0.4) is 0 Å². The Morgan fingerprint density at radius 3 is 1.54 bits per heavy atom. The van der Waals surface area contributed by atoms with Gasteiger partial charge in [-0.1, -0.05) is 18.2 Å². The molecule has 46 heavy (non-hydrogen) atoms. The minimum Gasteiger partial charge on any atom is -0.691 e. The molecule has 6 rings (SSSR count). The van der Waals surface area contributed by atoms with Crippen molar-refractivity contribution in [2.75, 3.05) is 10.6 Å². The average Bonchev–Trinajstić information content (AvgIpc) is 3.02. The predicted molar refractivity (Wildman–Crippen MR) is 174 cm³/mol. The molecule has 0 spiro atoms. The van der Waals surface area contributed by atoms with Crippen LogP contribution in [0.25, 0.3) is 33.1 Å². The van der Waals surface area contributed by atoms with Gasteiger partial charge in [0.2, 0.25) is 20.0 Å². The van der Waals surface area contributed by atoms with Gasteiger partial charge in [0.25, 0.3) is 0 Å². The molecule has 0 saturated heterocycles. The van der Waals surface area contributed by atoms with E-state index in [1.165, 1.54) is 24.3 Å². The van der Waals surface area contributed by atoms with Crippen LogP contribution in [0.5, 0.6) is 0 Å². The molecule has 0 fully saturated rings. The lowest BCUT2D eigenvalue weighted by molar-refractivity contribution is -0.777. The Bertz CT molecular complexity index is 2170. The molecule has 0 saturated carbocycles. The summed E-state index contributed by atoms with van der Waals surface area (Å²) < 4.78 is 57.7. The van der Waals surface area contributed by atoms with Crippen LogP contribution in [0.2, 0.25) is 0 Å². The third kappa shape index (κ3) is 6.81. The van der Waals surface area contributed by atoms with E-state index in [2.05, 4.69) is 20.0 Å². The number of benzene rings is 5. The Labute approximate surface area is 267 Å². The van der Waals surface area contributed by atoms with Gasteiger partial charge in [-0.2, -0.15) is 4.33 Å². The number of fused-ring (bicyclic) bond motifs is 2. The molecular weight excluding hydrogens is 653 g/mol. The molecule has 5 aromatic carbocycles. The van der Waals surface area contributed by atoms with E-state index in [0.717, 1.165) is 33.9 Å². The van der Waals surface area contributed by atoms with Gasteiger partial charge in [-0.3, -0.25) is 5.04 Å². The van der Waals surface area contributed by atoms with Crippen molar-refractivity contribution < 1.29 is 35.9 Å². The van der Waals surface area contributed by atoms with Gasteiger partial charge in [0.15, 0.2) is 0 Å². The van der Waals surface area contributed by atoms with Gasteiger partial charge in [-0.05, 0) is 84.4 Å². The van der Waals surface area contributed by atoms with E-state index in [4.69, 9.17) is 14.7 Å². The predicted octanol–water partition coefficient (Wildman–Crippen LogP) is 5.55. The zero-order valence-corrected chi connectivity index (χ0v) is 26.0. The largest absolute Gasteiger partial charge is 0.691 e. The summed E-state index contributed by atoms with van der Waals surface area (Å²) in [6.07, 6.45) is 0. The summed E-state index contributed by atoms with van der Waals surface area (Å²) in [5, 5.41) is 32.7. The van der Waals surface area contributed by atoms with Gasteiger partial charge in [0.1, 0.15) is 0 Å². The highest BCUT2D eigenvalue weighted by Gasteiger charge is 2.23. The number of anilines is 4. The van der Waals surface area contributed by atoms with Gasteiger partial charge in [0, 0.05) is 33.2 Å². The lowest BCUT2D eigenvalue weighted by Gasteiger charge is -2.13. The van der Waals surface area contributed by atoms with Crippen molar-refractivity contribution in [1.29, 1.82) is 0 Å². The van der Waals surface area contributed by atoms with E-state index in [1.807, 2.05) is 54.6 Å². The summed E-state index contributed by atoms with van der Waals surface area (Å²) in [7, 11) is -7.65. The zero-order chi connectivity index (χ0) is 32.5. The summed E-state index contributed by atoms with van der Waals surface area (Å²) in [5.41, 5.74) is 5.19. The smallest absolute Gasteiger partial charge is 0.363 e. The van der Waals surface area contributed by atoms with Crippen molar-refractivity contribution >= 4 is 76.8 Å². The highest BCUT2D eigenvalue weighted by molar-refractivity contribution is 7.94. The standard InChI is InChI=1S/C31H24N4O8S3/c32-45(37,38)23-11-5-19(6-12-23)34-21-9-15-25-28(17-21)41-29-18-22(35-20-7-13-24(14-8-20)46(33,39)40)10-16-26(29)31(25)27-3-1-2-4-30(27)44-43-42-36/h1-18,34-35H,(H4-,32,33,36,37,38,39,40). The SMILES string of the molecule is NS(=O)(=O)c1ccc(Nc2ccc3c(-c4ccccc4SOO[O-])c4ccc(Nc5ccc(S(N)(=O)=O)cc5)cc4[o+]c3c2)cc1. The van der Waals surface area contributed by atoms with Crippen molar-refractivity contribution in [3.63, 3.8) is 0 Å². The lowest BCUT2D eigenvalue weighted by Crippen LogP contribution is -2.11. The Hall–Kier alpha value is -4.58. The third-order valence-electron chi connectivity index (χ3n) is 6.97. The molecule has 15 heteroatoms. The Morgan fingerprint density at radius 2 is 1.09 bits per heavy atom. The van der Waals surface area contributed by atoms with E-state index in [1.54, 1.807) is 30.3 Å². The van der Waals surface area contributed by atoms with Crippen LogP contribution in [0.15, 0.2) is 128 Å². The number of nitrogens with two attached hydrogens (primary N) is 2. The Kier molecular flexibility index (Phi) is 8.65. The Balaban J connectivity index is 1.45. The third-order valence-corrected chi connectivity index (χ3v) is 9.49. The molecule has 234 valence electrons. The molecule has 6 aromatic rings. The number of nitrogens with one attached hydrogen (secondary N) is 2. The van der Waals surface area contributed by atoms with Gasteiger partial charge < -0.3 is 15.9 Å². The molecule has 1 heterocycles. The summed E-state index contributed by atoms with van der Waals surface area (Å²) in [6, 6.07) is 30.5. The highest BCUT2D eigenvalue weighted by atomic mass is 32.2. The number of sulfonamides is 2. The van der Waals surface area contributed by atoms with Crippen LogP contribution in [0, 0.1) is 0 Å². The van der Waals surface area contributed by atoms with Crippen molar-refractivity contribution in [1.82, 2.24) is 0 Å². The molecule has 0 atom stereocenters. The summed E-state index contributed by atoms with van der Waals surface area (Å²) in [4.78, 5) is 0.618. The first-order valence-corrected chi connectivity index (χ1v) is 17.2. The van der Waals surface area contributed by atoms with Crippen LogP contribution in [0.1, 0.15) is 0 Å². The molecule has 6 N–H and O–H groups in total. The maximum atomic E-state index is 11.6. The monoisotopic (exact) mass is 676 g/mol. The molecule has 0 aliphatic heterocycles. The minimum absolute atomic E-state index is 0.00432. The molecule has 12 nitrogen and oxygen atoms in total. The Morgan fingerprint density at radius 1 is 0.630 bits per heavy atom. The molecule has 0 aliphatic carbocycles. The van der Waals surface area contributed by atoms with Crippen molar-refractivity contribution in [2.24, 2.45) is 10.3 Å². The van der Waals surface area contributed by atoms with Crippen molar-refractivity contribution in [2.45, 2.75) is 14.7 Å². The fourth-order valence-corrected chi connectivity index (χ4v) is 6.45. The quantitative estimate of drug-likeness (QED) is 0.0467. The average molecular weight is 677 g/mol. The van der Waals surface area contributed by atoms with Crippen molar-refractivity contribution in [3.8, 4) is 11.1 Å². The number of primary sulfonamides is 2. The lowest BCUT2D eigenvalue weighted by atomic mass is 9.96. The first-order chi connectivity index (χ1) is 22.0. The molecule has 0 amide bonds. The van der Waals surface area contributed by atoms with E-state index >= 15 is 0 Å². The fraction of sp³-hybridized carbons (Fsp3) is 0. The maximum Gasteiger partial charge on any atom is 0.363 e. The van der Waals surface area contributed by atoms with Crippen LogP contribution in [0.4, 0.5) is 22.7 Å². The van der Waals surface area contributed by atoms with E-state index in [9.17, 15) is 22.1 Å². The first kappa shape index (κ1) is 31.4. The van der Waals surface area contributed by atoms with Gasteiger partial charge in [-0.25, -0.2) is 31.5 Å². The van der Waals surface area contributed by atoms with E-state index in [-0.39, 0.29) is 9.79 Å². The number of hydrogen-bond donors (Lipinski definition) is 4. The van der Waals surface area contributed by atoms with Crippen LogP contribution < -0.4 is 26.2 Å². The van der Waals surface area contributed by atoms with Crippen LogP contribution in [-0.4, -0.2) is 16.8 Å². The van der Waals surface area contributed by atoms with E-state index < -0.39 is 20.0 Å². The zero-order valence-electron chi connectivity index (χ0n) is 23.5. The molecule has 0 bridgehead atoms. The van der Waals surface area contributed by atoms with E-state index in [0.29, 0.717) is 38.8 Å². The summed E-state index contributed by atoms with van der Waals surface area (Å²) in [6.45, 7) is 0. The minimum atomic E-state index is -3.83. The number of rotatable bonds is 10. The van der Waals surface area contributed by atoms with Gasteiger partial charge >= 0.3 is 11.2 Å². The fourth-order valence-electron chi connectivity index (χ4n) is 4.92. The number of hydrogen-bond acceptors (Lipinski definition) is 10. The summed E-state index contributed by atoms with van der Waals surface area (Å²) >= 11 is 0.781. The maximum absolute atomic E-state index is 11.6. The first-order valence-electron chi connectivity index (χ1n) is 13.4. The molecule has 0 unspecified atom stereocenters. The molecule has 0 aliphatic rings. The molecule has 1 aromatic heterocycles. The normalized spacial score (nSPS) is 12.0. The molecule has 0 radical (unpaired) electrons. The van der Waals surface area contributed by atoms with Crippen molar-refractivity contribution in [3.05, 3.63) is 109 Å². The van der Waals surface area contributed by atoms with Gasteiger partial charge in [0.05, 0.1) is 44.7 Å². The molecular formula is C31H24N4O8S3. The topological polar surface area (TPSA) is 197 Å². The second-order valence-electron chi connectivity index (χ2n) is 10.0. The summed E-state index contributed by atoms with van der Waals surface area (Å²) in [5.74, 6) is 0. The highest BCUT2D eigenvalue weighted by Crippen LogP contribution is 2.42. The second-order valence-corrected chi connectivity index (χ2v) is 13.9. The van der Waals surface area contributed by atoms with Crippen LogP contribution >= 0.6 is 12.0 Å².